The molecular formula is C12H17N3O2. The molecule has 4 N–H and O–H groups in total. The zero-order chi connectivity index (χ0) is 12.3. The van der Waals surface area contributed by atoms with Crippen LogP contribution >= 0.6 is 0 Å². The molecule has 1 heterocycles. The van der Waals surface area contributed by atoms with Crippen molar-refractivity contribution in [1.82, 2.24) is 5.32 Å². The molecule has 0 radical (unpaired) electrons. The van der Waals surface area contributed by atoms with Gasteiger partial charge < -0.3 is 21.1 Å². The van der Waals surface area contributed by atoms with E-state index in [1.165, 1.54) is 0 Å². The minimum atomic E-state index is -0.224. The summed E-state index contributed by atoms with van der Waals surface area (Å²) in [4.78, 5) is 11.7. The number of benzene rings is 1. The van der Waals surface area contributed by atoms with Gasteiger partial charge in [0.1, 0.15) is 0 Å². The molecule has 0 aliphatic carbocycles. The zero-order valence-corrected chi connectivity index (χ0v) is 9.77. The van der Waals surface area contributed by atoms with Crippen molar-refractivity contribution in [1.29, 1.82) is 0 Å². The maximum absolute atomic E-state index is 11.7. The fourth-order valence-electron chi connectivity index (χ4n) is 1.87. The second kappa shape index (κ2) is 5.05. The summed E-state index contributed by atoms with van der Waals surface area (Å²) >= 11 is 0. The van der Waals surface area contributed by atoms with E-state index in [1.54, 1.807) is 24.3 Å². The molecule has 1 aliphatic heterocycles. The number of urea groups is 1. The SMILES string of the molecule is CC1OCCC1NC(=O)Nc1cccc(N)c1. The second-order valence-corrected chi connectivity index (χ2v) is 4.20. The third-order valence-electron chi connectivity index (χ3n) is 2.84. The van der Waals surface area contributed by atoms with Crippen LogP contribution in [0.15, 0.2) is 24.3 Å². The Morgan fingerprint density at radius 1 is 1.53 bits per heavy atom. The van der Waals surface area contributed by atoms with Gasteiger partial charge in [0, 0.05) is 18.0 Å². The molecule has 0 aromatic heterocycles. The first-order chi connectivity index (χ1) is 8.15. The molecule has 0 bridgehead atoms. The largest absolute Gasteiger partial charge is 0.399 e. The van der Waals surface area contributed by atoms with Crippen LogP contribution in [0.1, 0.15) is 13.3 Å². The second-order valence-electron chi connectivity index (χ2n) is 4.20. The highest BCUT2D eigenvalue weighted by Gasteiger charge is 2.25. The fraction of sp³-hybridized carbons (Fsp3) is 0.417. The third-order valence-corrected chi connectivity index (χ3v) is 2.84. The Labute approximate surface area is 100 Å². The first-order valence-corrected chi connectivity index (χ1v) is 5.70. The highest BCUT2D eigenvalue weighted by molar-refractivity contribution is 5.89. The Morgan fingerprint density at radius 2 is 2.35 bits per heavy atom. The Hall–Kier alpha value is -1.75. The van der Waals surface area contributed by atoms with E-state index in [0.29, 0.717) is 18.0 Å². The van der Waals surface area contributed by atoms with E-state index in [9.17, 15) is 4.79 Å². The van der Waals surface area contributed by atoms with Gasteiger partial charge in [0.2, 0.25) is 0 Å². The lowest BCUT2D eigenvalue weighted by molar-refractivity contribution is 0.114. The van der Waals surface area contributed by atoms with E-state index < -0.39 is 0 Å². The average molecular weight is 235 g/mol. The molecular weight excluding hydrogens is 218 g/mol. The number of carbonyl (C=O) groups is 1. The van der Waals surface area contributed by atoms with Gasteiger partial charge in [-0.1, -0.05) is 6.07 Å². The molecule has 2 unspecified atom stereocenters. The minimum absolute atomic E-state index is 0.0709. The summed E-state index contributed by atoms with van der Waals surface area (Å²) in [6.07, 6.45) is 0.924. The number of anilines is 2. The van der Waals surface area contributed by atoms with Crippen LogP contribution in [-0.2, 0) is 4.74 Å². The first-order valence-electron chi connectivity index (χ1n) is 5.70. The molecule has 5 heteroatoms. The summed E-state index contributed by atoms with van der Waals surface area (Å²) in [5.41, 5.74) is 6.94. The standard InChI is InChI=1S/C12H17N3O2/c1-8-11(5-6-17-8)15-12(16)14-10-4-2-3-9(13)7-10/h2-4,7-8,11H,5-6,13H2,1H3,(H2,14,15,16). The smallest absolute Gasteiger partial charge is 0.319 e. The quantitative estimate of drug-likeness (QED) is 0.681. The number of hydrogen-bond acceptors (Lipinski definition) is 3. The molecule has 1 aromatic rings. The van der Waals surface area contributed by atoms with Gasteiger partial charge in [-0.15, -0.1) is 0 Å². The van der Waals surface area contributed by atoms with Crippen LogP contribution in [-0.4, -0.2) is 24.8 Å². The molecule has 2 atom stereocenters. The van der Waals surface area contributed by atoms with Crippen molar-refractivity contribution < 1.29 is 9.53 Å². The van der Waals surface area contributed by atoms with Gasteiger partial charge in [0.15, 0.2) is 0 Å². The van der Waals surface area contributed by atoms with Crippen molar-refractivity contribution in [3.8, 4) is 0 Å². The van der Waals surface area contributed by atoms with E-state index in [2.05, 4.69) is 10.6 Å². The lowest BCUT2D eigenvalue weighted by atomic mass is 10.2. The fourth-order valence-corrected chi connectivity index (χ4v) is 1.87. The highest BCUT2D eigenvalue weighted by atomic mass is 16.5. The van der Waals surface area contributed by atoms with E-state index in [4.69, 9.17) is 10.5 Å². The third kappa shape index (κ3) is 3.10. The number of amides is 2. The van der Waals surface area contributed by atoms with Crippen LogP contribution in [0.3, 0.4) is 0 Å². The monoisotopic (exact) mass is 235 g/mol. The molecule has 5 nitrogen and oxygen atoms in total. The highest BCUT2D eigenvalue weighted by Crippen LogP contribution is 2.14. The topological polar surface area (TPSA) is 76.4 Å². The number of hydrogen-bond donors (Lipinski definition) is 3. The Bertz CT molecular complexity index is 408. The number of carbonyl (C=O) groups excluding carboxylic acids is 1. The summed E-state index contributed by atoms with van der Waals surface area (Å²) in [6, 6.07) is 6.94. The Balaban J connectivity index is 1.89. The van der Waals surface area contributed by atoms with Crippen molar-refractivity contribution in [2.45, 2.75) is 25.5 Å². The molecule has 1 fully saturated rings. The number of ether oxygens (including phenoxy) is 1. The van der Waals surface area contributed by atoms with Crippen molar-refractivity contribution in [3.63, 3.8) is 0 Å². The van der Waals surface area contributed by atoms with Crippen LogP contribution in [0, 0.1) is 0 Å². The molecule has 1 saturated heterocycles. The van der Waals surface area contributed by atoms with Crippen molar-refractivity contribution in [2.75, 3.05) is 17.7 Å². The van der Waals surface area contributed by atoms with E-state index >= 15 is 0 Å². The predicted octanol–water partition coefficient (Wildman–Crippen LogP) is 1.57. The summed E-state index contributed by atoms with van der Waals surface area (Å²) in [5, 5.41) is 5.63. The molecule has 2 rings (SSSR count). The van der Waals surface area contributed by atoms with Crippen LogP contribution in [0.25, 0.3) is 0 Å². The first kappa shape index (κ1) is 11.7. The van der Waals surface area contributed by atoms with Crippen molar-refractivity contribution in [3.05, 3.63) is 24.3 Å². The molecule has 1 aromatic carbocycles. The van der Waals surface area contributed by atoms with E-state index in [1.807, 2.05) is 6.92 Å². The zero-order valence-electron chi connectivity index (χ0n) is 9.77. The van der Waals surface area contributed by atoms with Gasteiger partial charge in [-0.25, -0.2) is 4.79 Å². The summed E-state index contributed by atoms with van der Waals surface area (Å²) in [6.45, 7) is 2.66. The van der Waals surface area contributed by atoms with Gasteiger partial charge in [-0.05, 0) is 31.5 Å². The van der Waals surface area contributed by atoms with Crippen LogP contribution in [0.4, 0.5) is 16.2 Å². The van der Waals surface area contributed by atoms with Crippen molar-refractivity contribution >= 4 is 17.4 Å². The lowest BCUT2D eigenvalue weighted by Crippen LogP contribution is -2.41. The maximum atomic E-state index is 11.7. The molecule has 0 spiro atoms. The van der Waals surface area contributed by atoms with Crippen molar-refractivity contribution in [2.24, 2.45) is 0 Å². The van der Waals surface area contributed by atoms with E-state index in [-0.39, 0.29) is 18.2 Å². The molecule has 17 heavy (non-hydrogen) atoms. The van der Waals surface area contributed by atoms with Gasteiger partial charge >= 0.3 is 6.03 Å². The summed E-state index contributed by atoms with van der Waals surface area (Å²) in [7, 11) is 0. The van der Waals surface area contributed by atoms with Crippen LogP contribution < -0.4 is 16.4 Å². The van der Waals surface area contributed by atoms with Crippen LogP contribution in [0.5, 0.6) is 0 Å². The van der Waals surface area contributed by atoms with Gasteiger partial charge in [0.25, 0.3) is 0 Å². The van der Waals surface area contributed by atoms with E-state index in [0.717, 1.165) is 6.42 Å². The summed E-state index contributed by atoms with van der Waals surface area (Å²) < 4.78 is 5.37. The van der Waals surface area contributed by atoms with Gasteiger partial charge in [0.05, 0.1) is 12.1 Å². The molecule has 0 saturated carbocycles. The average Bonchev–Trinajstić information content (AvgIpc) is 2.64. The Kier molecular flexibility index (Phi) is 3.49. The summed E-state index contributed by atoms with van der Waals surface area (Å²) in [5.74, 6) is 0. The van der Waals surface area contributed by atoms with Gasteiger partial charge in [-0.3, -0.25) is 0 Å². The predicted molar refractivity (Wildman–Crippen MR) is 66.8 cm³/mol. The van der Waals surface area contributed by atoms with Crippen LogP contribution in [0.2, 0.25) is 0 Å². The number of nitrogen functional groups attached to an aromatic ring is 1. The normalized spacial score (nSPS) is 23.4. The van der Waals surface area contributed by atoms with Gasteiger partial charge in [-0.2, -0.15) is 0 Å². The number of nitrogens with one attached hydrogen (secondary N) is 2. The molecule has 2 amide bonds. The lowest BCUT2D eigenvalue weighted by Gasteiger charge is -2.16. The maximum Gasteiger partial charge on any atom is 0.319 e. The number of rotatable bonds is 2. The Morgan fingerprint density at radius 3 is 3.00 bits per heavy atom. The molecule has 92 valence electrons. The molecule has 1 aliphatic rings. The number of nitrogens with two attached hydrogens (primary N) is 1. The minimum Gasteiger partial charge on any atom is -0.399 e.